The molecule has 4 aromatic rings. The molecule has 3 aromatic carbocycles. The summed E-state index contributed by atoms with van der Waals surface area (Å²) in [6.07, 6.45) is 0. The standard InChI is InChI=1S/C24H21N3O5/c1-3-32-17-9-11-19(21(30)13-17)24-26-22(14-4-6-15(28)7-5-14)25-23(27-24)18-10-8-16(31-2)12-20(18)29/h4-13,28-30H,3H2,1-2H3. The second kappa shape index (κ2) is 8.81. The molecule has 0 radical (unpaired) electrons. The Bertz CT molecular complexity index is 1260. The minimum absolute atomic E-state index is 0.0521. The van der Waals surface area contributed by atoms with E-state index in [1.54, 1.807) is 36.4 Å². The van der Waals surface area contributed by atoms with E-state index in [0.29, 0.717) is 40.6 Å². The Labute approximate surface area is 184 Å². The number of benzene rings is 3. The maximum absolute atomic E-state index is 10.6. The van der Waals surface area contributed by atoms with Gasteiger partial charge in [0.05, 0.1) is 24.8 Å². The Morgan fingerprint density at radius 3 is 1.75 bits per heavy atom. The van der Waals surface area contributed by atoms with E-state index < -0.39 is 0 Å². The van der Waals surface area contributed by atoms with Crippen molar-refractivity contribution in [3.63, 3.8) is 0 Å². The average Bonchev–Trinajstić information content (AvgIpc) is 2.79. The predicted octanol–water partition coefficient (Wildman–Crippen LogP) is 4.40. The van der Waals surface area contributed by atoms with E-state index in [9.17, 15) is 15.3 Å². The third kappa shape index (κ3) is 4.24. The Morgan fingerprint density at radius 2 is 1.22 bits per heavy atom. The summed E-state index contributed by atoms with van der Waals surface area (Å²) < 4.78 is 10.6. The van der Waals surface area contributed by atoms with E-state index in [2.05, 4.69) is 15.0 Å². The van der Waals surface area contributed by atoms with Crippen LogP contribution < -0.4 is 9.47 Å². The molecule has 4 rings (SSSR count). The molecule has 8 heteroatoms. The lowest BCUT2D eigenvalue weighted by Crippen LogP contribution is -2.01. The van der Waals surface area contributed by atoms with Gasteiger partial charge < -0.3 is 24.8 Å². The maximum Gasteiger partial charge on any atom is 0.167 e. The van der Waals surface area contributed by atoms with Crippen LogP contribution in [0, 0.1) is 0 Å². The number of aromatic nitrogens is 3. The van der Waals surface area contributed by atoms with E-state index in [-0.39, 0.29) is 28.9 Å². The zero-order chi connectivity index (χ0) is 22.7. The maximum atomic E-state index is 10.6. The van der Waals surface area contributed by atoms with Crippen LogP contribution in [0.2, 0.25) is 0 Å². The minimum atomic E-state index is -0.0610. The van der Waals surface area contributed by atoms with Crippen LogP contribution in [0.4, 0.5) is 0 Å². The van der Waals surface area contributed by atoms with Crippen molar-refractivity contribution < 1.29 is 24.8 Å². The molecule has 1 heterocycles. The van der Waals surface area contributed by atoms with Gasteiger partial charge in [-0.1, -0.05) is 0 Å². The molecule has 3 N–H and O–H groups in total. The van der Waals surface area contributed by atoms with Crippen LogP contribution in [-0.2, 0) is 0 Å². The number of hydrogen-bond acceptors (Lipinski definition) is 8. The fourth-order valence-corrected chi connectivity index (χ4v) is 3.14. The molecular weight excluding hydrogens is 410 g/mol. The lowest BCUT2D eigenvalue weighted by Gasteiger charge is -2.11. The van der Waals surface area contributed by atoms with Crippen molar-refractivity contribution in [2.24, 2.45) is 0 Å². The highest BCUT2D eigenvalue weighted by Gasteiger charge is 2.17. The molecule has 0 aliphatic rings. The molecule has 0 aliphatic heterocycles. The highest BCUT2D eigenvalue weighted by atomic mass is 16.5. The smallest absolute Gasteiger partial charge is 0.167 e. The summed E-state index contributed by atoms with van der Waals surface area (Å²) in [6.45, 7) is 2.32. The summed E-state index contributed by atoms with van der Waals surface area (Å²) in [5, 5.41) is 30.7. The van der Waals surface area contributed by atoms with Gasteiger partial charge in [-0.3, -0.25) is 0 Å². The van der Waals surface area contributed by atoms with E-state index in [4.69, 9.17) is 9.47 Å². The third-order valence-electron chi connectivity index (χ3n) is 4.73. The lowest BCUT2D eigenvalue weighted by atomic mass is 10.1. The van der Waals surface area contributed by atoms with Crippen molar-refractivity contribution in [1.29, 1.82) is 0 Å². The number of phenols is 3. The van der Waals surface area contributed by atoms with Gasteiger partial charge in [0.25, 0.3) is 0 Å². The van der Waals surface area contributed by atoms with E-state index >= 15 is 0 Å². The molecular formula is C24H21N3O5. The summed E-state index contributed by atoms with van der Waals surface area (Å²) in [4.78, 5) is 13.5. The van der Waals surface area contributed by atoms with Crippen molar-refractivity contribution in [2.75, 3.05) is 13.7 Å². The first-order chi connectivity index (χ1) is 15.5. The summed E-state index contributed by atoms with van der Waals surface area (Å²) in [6, 6.07) is 16.1. The zero-order valence-corrected chi connectivity index (χ0v) is 17.5. The average molecular weight is 431 g/mol. The topological polar surface area (TPSA) is 118 Å². The summed E-state index contributed by atoms with van der Waals surface area (Å²) in [5.41, 5.74) is 1.39. The number of phenolic OH excluding ortho intramolecular Hbond substituents is 3. The molecule has 0 amide bonds. The fraction of sp³-hybridized carbons (Fsp3) is 0.125. The quantitative estimate of drug-likeness (QED) is 0.411. The van der Waals surface area contributed by atoms with Gasteiger partial charge in [0.2, 0.25) is 0 Å². The van der Waals surface area contributed by atoms with Gasteiger partial charge >= 0.3 is 0 Å². The van der Waals surface area contributed by atoms with Crippen molar-refractivity contribution in [2.45, 2.75) is 6.92 Å². The normalized spacial score (nSPS) is 10.7. The predicted molar refractivity (Wildman–Crippen MR) is 119 cm³/mol. The first-order valence-corrected chi connectivity index (χ1v) is 9.87. The Balaban J connectivity index is 1.89. The molecule has 0 spiro atoms. The second-order valence-corrected chi connectivity index (χ2v) is 6.85. The first-order valence-electron chi connectivity index (χ1n) is 9.87. The number of rotatable bonds is 6. The Morgan fingerprint density at radius 1 is 0.688 bits per heavy atom. The van der Waals surface area contributed by atoms with Gasteiger partial charge in [0, 0.05) is 17.7 Å². The SMILES string of the molecule is CCOc1ccc(-c2nc(-c3ccc(O)cc3)nc(-c3ccc(OC)cc3O)n2)c(O)c1. The molecule has 0 unspecified atom stereocenters. The van der Waals surface area contributed by atoms with Gasteiger partial charge in [-0.2, -0.15) is 0 Å². The van der Waals surface area contributed by atoms with Gasteiger partial charge in [-0.05, 0) is 55.5 Å². The lowest BCUT2D eigenvalue weighted by molar-refractivity contribution is 0.338. The first kappa shape index (κ1) is 20.9. The van der Waals surface area contributed by atoms with E-state index in [1.807, 2.05) is 6.92 Å². The molecule has 0 atom stereocenters. The second-order valence-electron chi connectivity index (χ2n) is 6.85. The van der Waals surface area contributed by atoms with Gasteiger partial charge in [0.15, 0.2) is 17.5 Å². The molecule has 0 fully saturated rings. The van der Waals surface area contributed by atoms with Crippen molar-refractivity contribution in [3.8, 4) is 62.9 Å². The number of hydrogen-bond donors (Lipinski definition) is 3. The van der Waals surface area contributed by atoms with Gasteiger partial charge in [-0.25, -0.2) is 15.0 Å². The van der Waals surface area contributed by atoms with Crippen LogP contribution in [-0.4, -0.2) is 44.0 Å². The van der Waals surface area contributed by atoms with Crippen LogP contribution in [0.15, 0.2) is 60.7 Å². The molecule has 0 bridgehead atoms. The highest BCUT2D eigenvalue weighted by molar-refractivity contribution is 5.72. The highest BCUT2D eigenvalue weighted by Crippen LogP contribution is 2.35. The third-order valence-corrected chi connectivity index (χ3v) is 4.73. The number of methoxy groups -OCH3 is 1. The number of ether oxygens (including phenoxy) is 2. The largest absolute Gasteiger partial charge is 0.508 e. The van der Waals surface area contributed by atoms with Crippen LogP contribution in [0.25, 0.3) is 34.2 Å². The molecule has 162 valence electrons. The summed E-state index contributed by atoms with van der Waals surface area (Å²) in [5.74, 6) is 1.75. The van der Waals surface area contributed by atoms with Gasteiger partial charge in [0.1, 0.15) is 28.7 Å². The fourth-order valence-electron chi connectivity index (χ4n) is 3.14. The van der Waals surface area contributed by atoms with E-state index in [1.165, 1.54) is 31.4 Å². The van der Waals surface area contributed by atoms with Crippen molar-refractivity contribution in [3.05, 3.63) is 60.7 Å². The number of nitrogens with zero attached hydrogens (tertiary/aromatic N) is 3. The molecule has 0 saturated carbocycles. The van der Waals surface area contributed by atoms with Crippen LogP contribution in [0.3, 0.4) is 0 Å². The molecule has 1 aromatic heterocycles. The molecule has 8 nitrogen and oxygen atoms in total. The Hall–Kier alpha value is -4.33. The van der Waals surface area contributed by atoms with E-state index in [0.717, 1.165) is 0 Å². The monoisotopic (exact) mass is 431 g/mol. The Kier molecular flexibility index (Phi) is 5.76. The van der Waals surface area contributed by atoms with Crippen molar-refractivity contribution >= 4 is 0 Å². The molecule has 0 aliphatic carbocycles. The van der Waals surface area contributed by atoms with Crippen LogP contribution >= 0.6 is 0 Å². The van der Waals surface area contributed by atoms with Gasteiger partial charge in [-0.15, -0.1) is 0 Å². The molecule has 0 saturated heterocycles. The van der Waals surface area contributed by atoms with Crippen LogP contribution in [0.1, 0.15) is 6.92 Å². The van der Waals surface area contributed by atoms with Crippen molar-refractivity contribution in [1.82, 2.24) is 15.0 Å². The zero-order valence-electron chi connectivity index (χ0n) is 17.5. The molecule has 32 heavy (non-hydrogen) atoms. The van der Waals surface area contributed by atoms with Crippen LogP contribution in [0.5, 0.6) is 28.7 Å². The number of aromatic hydroxyl groups is 3. The summed E-state index contributed by atoms with van der Waals surface area (Å²) in [7, 11) is 1.51. The minimum Gasteiger partial charge on any atom is -0.508 e. The summed E-state index contributed by atoms with van der Waals surface area (Å²) >= 11 is 0.